The van der Waals surface area contributed by atoms with Crippen LogP contribution in [-0.4, -0.2) is 33.0 Å². The average Bonchev–Trinajstić information content (AvgIpc) is 2.93. The van der Waals surface area contributed by atoms with Crippen LogP contribution in [0.4, 0.5) is 0 Å². The van der Waals surface area contributed by atoms with E-state index in [0.717, 1.165) is 22.3 Å². The molecule has 0 saturated carbocycles. The van der Waals surface area contributed by atoms with Crippen LogP contribution in [-0.2, 0) is 29.2 Å². The van der Waals surface area contributed by atoms with Crippen molar-refractivity contribution in [3.8, 4) is 11.5 Å². The van der Waals surface area contributed by atoms with Crippen molar-refractivity contribution in [3.63, 3.8) is 0 Å². The molecule has 0 fully saturated rings. The zero-order valence-corrected chi connectivity index (χ0v) is 20.2. The maximum absolute atomic E-state index is 14.1. The van der Waals surface area contributed by atoms with Crippen LogP contribution in [0.1, 0.15) is 33.7 Å². The van der Waals surface area contributed by atoms with Crippen LogP contribution in [0.25, 0.3) is 0 Å². The van der Waals surface area contributed by atoms with Crippen LogP contribution in [0.2, 0.25) is 0 Å². The molecule has 0 saturated heterocycles. The molecule has 1 amide bonds. The lowest BCUT2D eigenvalue weighted by molar-refractivity contribution is -0.151. The highest BCUT2D eigenvalue weighted by Crippen LogP contribution is 2.39. The number of fused-ring (bicyclic) bond motifs is 1. The maximum Gasteiger partial charge on any atom is 0.326 e. The van der Waals surface area contributed by atoms with Gasteiger partial charge < -0.3 is 19.8 Å². The van der Waals surface area contributed by atoms with Crippen LogP contribution in [0.3, 0.4) is 0 Å². The van der Waals surface area contributed by atoms with Gasteiger partial charge in [-0.3, -0.25) is 4.79 Å². The van der Waals surface area contributed by atoms with Crippen molar-refractivity contribution in [2.24, 2.45) is 0 Å². The average molecular weight is 494 g/mol. The number of phenolic OH excluding ortho intramolecular Hbond substituents is 1. The van der Waals surface area contributed by atoms with E-state index in [1.165, 1.54) is 11.0 Å². The number of ether oxygens (including phenoxy) is 1. The van der Waals surface area contributed by atoms with Crippen molar-refractivity contribution in [3.05, 3.63) is 131 Å². The molecule has 5 rings (SSSR count). The minimum atomic E-state index is -1.10. The lowest BCUT2D eigenvalue weighted by Crippen LogP contribution is -2.50. The molecule has 0 radical (unpaired) electrons. The van der Waals surface area contributed by atoms with E-state index in [9.17, 15) is 19.8 Å². The zero-order valence-electron chi connectivity index (χ0n) is 20.2. The summed E-state index contributed by atoms with van der Waals surface area (Å²) in [6, 6.07) is 30.5. The summed E-state index contributed by atoms with van der Waals surface area (Å²) in [5.41, 5.74) is 3.89. The number of rotatable bonds is 7. The van der Waals surface area contributed by atoms with Crippen molar-refractivity contribution < 1.29 is 24.5 Å². The van der Waals surface area contributed by atoms with E-state index in [1.54, 1.807) is 6.07 Å². The molecular weight excluding hydrogens is 466 g/mol. The molecule has 4 aromatic carbocycles. The zero-order chi connectivity index (χ0) is 25.8. The summed E-state index contributed by atoms with van der Waals surface area (Å²) in [5.74, 6) is -1.81. The summed E-state index contributed by atoms with van der Waals surface area (Å²) in [7, 11) is 0. The van der Waals surface area contributed by atoms with Gasteiger partial charge in [0.05, 0.1) is 5.92 Å². The summed E-state index contributed by atoms with van der Waals surface area (Å²) in [6.07, 6.45) is 0.0330. The molecule has 0 aromatic heterocycles. The molecule has 2 N–H and O–H groups in total. The van der Waals surface area contributed by atoms with Gasteiger partial charge in [-0.2, -0.15) is 0 Å². The van der Waals surface area contributed by atoms with E-state index in [1.807, 2.05) is 91.0 Å². The molecule has 1 atom stereocenters. The van der Waals surface area contributed by atoms with Crippen LogP contribution in [0, 0.1) is 0 Å². The minimum Gasteiger partial charge on any atom is -0.504 e. The fraction of sp³-hybridized carbons (Fsp3) is 0.161. The smallest absolute Gasteiger partial charge is 0.326 e. The third kappa shape index (κ3) is 5.05. The first-order valence-corrected chi connectivity index (χ1v) is 12.2. The largest absolute Gasteiger partial charge is 0.504 e. The van der Waals surface area contributed by atoms with E-state index < -0.39 is 17.9 Å². The van der Waals surface area contributed by atoms with Crippen molar-refractivity contribution >= 4 is 11.9 Å². The lowest BCUT2D eigenvalue weighted by Gasteiger charge is -2.37. The molecule has 1 aliphatic heterocycles. The second-order valence-corrected chi connectivity index (χ2v) is 9.10. The monoisotopic (exact) mass is 493 g/mol. The Morgan fingerprint density at radius 3 is 1.97 bits per heavy atom. The molecule has 0 aliphatic carbocycles. The number of hydrogen-bond acceptors (Lipinski definition) is 4. The molecule has 0 bridgehead atoms. The second-order valence-electron chi connectivity index (χ2n) is 9.10. The number of phenols is 1. The number of aliphatic carboxylic acids is 1. The fourth-order valence-electron chi connectivity index (χ4n) is 4.90. The number of aromatic hydroxyl groups is 1. The lowest BCUT2D eigenvalue weighted by atomic mass is 9.87. The second kappa shape index (κ2) is 10.6. The molecule has 1 aliphatic rings. The molecule has 0 spiro atoms. The van der Waals surface area contributed by atoms with Gasteiger partial charge in [0.2, 0.25) is 5.91 Å². The number of hydrogen-bond donors (Lipinski definition) is 2. The van der Waals surface area contributed by atoms with E-state index in [2.05, 4.69) is 0 Å². The number of carbonyl (C=O) groups excluding carboxylic acids is 1. The van der Waals surface area contributed by atoms with Crippen molar-refractivity contribution in [2.75, 3.05) is 0 Å². The first-order chi connectivity index (χ1) is 18.0. The molecule has 186 valence electrons. The molecular formula is C31H27NO5. The topological polar surface area (TPSA) is 87.1 Å². The molecule has 37 heavy (non-hydrogen) atoms. The standard InChI is InChI=1S/C31H27NO5/c33-27-17-16-24-19-32(30(34)28(22-12-6-2-7-13-22)23-14-8-3-9-15-23)26(31(35)36)18-25(24)29(27)37-20-21-10-4-1-5-11-21/h1-17,26,28,33H,18-20H2,(H,35,36). The number of carboxylic acid groups (broad SMARTS) is 1. The minimum absolute atomic E-state index is 0.0330. The molecule has 6 heteroatoms. The van der Waals surface area contributed by atoms with E-state index in [0.29, 0.717) is 5.56 Å². The number of benzene rings is 4. The Kier molecular flexibility index (Phi) is 6.90. The Bertz CT molecular complexity index is 1350. The van der Waals surface area contributed by atoms with E-state index >= 15 is 0 Å². The van der Waals surface area contributed by atoms with Crippen molar-refractivity contribution in [1.29, 1.82) is 0 Å². The Labute approximate surface area is 215 Å². The van der Waals surface area contributed by atoms with Gasteiger partial charge in [0, 0.05) is 18.5 Å². The number of carbonyl (C=O) groups is 2. The molecule has 6 nitrogen and oxygen atoms in total. The predicted molar refractivity (Wildman–Crippen MR) is 139 cm³/mol. The quantitative estimate of drug-likeness (QED) is 0.372. The third-order valence-corrected chi connectivity index (χ3v) is 6.76. The SMILES string of the molecule is O=C(O)C1Cc2c(ccc(O)c2OCc2ccccc2)CN1C(=O)C(c1ccccc1)c1ccccc1. The summed E-state index contributed by atoms with van der Waals surface area (Å²) in [6.45, 7) is 0.332. The Hall–Kier alpha value is -4.58. The highest BCUT2D eigenvalue weighted by Gasteiger charge is 2.40. The molecule has 1 unspecified atom stereocenters. The van der Waals surface area contributed by atoms with Gasteiger partial charge >= 0.3 is 5.97 Å². The van der Waals surface area contributed by atoms with Crippen LogP contribution in [0.5, 0.6) is 11.5 Å². The normalized spacial score (nSPS) is 14.7. The van der Waals surface area contributed by atoms with Crippen molar-refractivity contribution in [1.82, 2.24) is 4.90 Å². The summed E-state index contributed by atoms with van der Waals surface area (Å²) >= 11 is 0. The van der Waals surface area contributed by atoms with Gasteiger partial charge in [-0.1, -0.05) is 97.1 Å². The molecule has 1 heterocycles. The fourth-order valence-corrected chi connectivity index (χ4v) is 4.90. The summed E-state index contributed by atoms with van der Waals surface area (Å²) in [5, 5.41) is 20.8. The van der Waals surface area contributed by atoms with E-state index in [4.69, 9.17) is 4.74 Å². The summed E-state index contributed by atoms with van der Waals surface area (Å²) < 4.78 is 5.98. The van der Waals surface area contributed by atoms with Gasteiger partial charge in [-0.05, 0) is 28.3 Å². The Morgan fingerprint density at radius 2 is 1.41 bits per heavy atom. The summed E-state index contributed by atoms with van der Waals surface area (Å²) in [4.78, 5) is 28.0. The highest BCUT2D eigenvalue weighted by molar-refractivity contribution is 5.91. The van der Waals surface area contributed by atoms with Gasteiger partial charge in [-0.25, -0.2) is 4.79 Å². The first kappa shape index (κ1) is 24.1. The van der Waals surface area contributed by atoms with Gasteiger partial charge in [0.25, 0.3) is 0 Å². The van der Waals surface area contributed by atoms with Gasteiger partial charge in [-0.15, -0.1) is 0 Å². The number of nitrogens with zero attached hydrogens (tertiary/aromatic N) is 1. The number of carboxylic acids is 1. The first-order valence-electron chi connectivity index (χ1n) is 12.2. The molecule has 4 aromatic rings. The van der Waals surface area contributed by atoms with Gasteiger partial charge in [0.15, 0.2) is 11.5 Å². The third-order valence-electron chi connectivity index (χ3n) is 6.76. The van der Waals surface area contributed by atoms with E-state index in [-0.39, 0.29) is 37.0 Å². The number of amides is 1. The Morgan fingerprint density at radius 1 is 0.838 bits per heavy atom. The van der Waals surface area contributed by atoms with Gasteiger partial charge in [0.1, 0.15) is 12.6 Å². The predicted octanol–water partition coefficient (Wildman–Crippen LogP) is 5.14. The van der Waals surface area contributed by atoms with Crippen molar-refractivity contribution in [2.45, 2.75) is 31.5 Å². The Balaban J connectivity index is 1.50. The van der Waals surface area contributed by atoms with Crippen LogP contribution < -0.4 is 4.74 Å². The highest BCUT2D eigenvalue weighted by atomic mass is 16.5. The maximum atomic E-state index is 14.1. The van der Waals surface area contributed by atoms with Crippen LogP contribution >= 0.6 is 0 Å². The van der Waals surface area contributed by atoms with Crippen LogP contribution in [0.15, 0.2) is 103 Å².